The number of hydrogen-bond acceptors (Lipinski definition) is 10. The molecule has 1 atom stereocenters. The van der Waals surface area contributed by atoms with E-state index in [1.807, 2.05) is 32.9 Å². The summed E-state index contributed by atoms with van der Waals surface area (Å²) in [6.07, 6.45) is 2.87. The minimum Gasteiger partial charge on any atom is -0.490 e. The number of carbonyl (C=O) groups is 2. The molecule has 13 heteroatoms. The second-order valence-electron chi connectivity index (χ2n) is 12.8. The minimum atomic E-state index is -0.521. The number of benzene rings is 1. The van der Waals surface area contributed by atoms with Crippen LogP contribution in [0.2, 0.25) is 5.02 Å². The van der Waals surface area contributed by atoms with Gasteiger partial charge in [-0.05, 0) is 70.7 Å². The molecule has 2 aliphatic heterocycles. The smallest absolute Gasteiger partial charge is 0.410 e. The molecule has 0 bridgehead atoms. The first-order valence-electron chi connectivity index (χ1n) is 15.6. The second-order valence-corrected chi connectivity index (χ2v) is 13.2. The number of amides is 2. The molecule has 1 aromatic carbocycles. The average molecular weight is 640 g/mol. The minimum absolute atomic E-state index is 0.0313. The van der Waals surface area contributed by atoms with Crippen LogP contribution in [0.3, 0.4) is 0 Å². The number of nitriles is 1. The number of nitrogens with one attached hydrogen (secondary N) is 1. The van der Waals surface area contributed by atoms with E-state index < -0.39 is 5.60 Å². The molecule has 45 heavy (non-hydrogen) atoms. The van der Waals surface area contributed by atoms with Gasteiger partial charge >= 0.3 is 6.09 Å². The van der Waals surface area contributed by atoms with Gasteiger partial charge in [0.15, 0.2) is 11.5 Å². The van der Waals surface area contributed by atoms with Gasteiger partial charge in [0.1, 0.15) is 17.4 Å². The Balaban J connectivity index is 1.02. The van der Waals surface area contributed by atoms with E-state index >= 15 is 0 Å². The van der Waals surface area contributed by atoms with Crippen molar-refractivity contribution in [3.63, 3.8) is 0 Å². The summed E-state index contributed by atoms with van der Waals surface area (Å²) in [6, 6.07) is 10.8. The third kappa shape index (κ3) is 9.19. The fourth-order valence-electron chi connectivity index (χ4n) is 5.82. The van der Waals surface area contributed by atoms with Crippen LogP contribution in [0.25, 0.3) is 0 Å². The molecule has 12 nitrogen and oxygen atoms in total. The highest BCUT2D eigenvalue weighted by Crippen LogP contribution is 2.27. The van der Waals surface area contributed by atoms with Crippen LogP contribution in [0.1, 0.15) is 62.5 Å². The predicted molar refractivity (Wildman–Crippen MR) is 169 cm³/mol. The van der Waals surface area contributed by atoms with Crippen molar-refractivity contribution in [1.82, 2.24) is 25.3 Å². The lowest BCUT2D eigenvalue weighted by Crippen LogP contribution is -2.54. The Labute approximate surface area is 269 Å². The van der Waals surface area contributed by atoms with E-state index in [1.54, 1.807) is 29.2 Å². The van der Waals surface area contributed by atoms with Crippen LogP contribution < -0.4 is 15.0 Å². The summed E-state index contributed by atoms with van der Waals surface area (Å²) in [6.45, 7) is 11.2. The Morgan fingerprint density at radius 1 is 1.07 bits per heavy atom. The lowest BCUT2D eigenvalue weighted by molar-refractivity contribution is -0.0526. The van der Waals surface area contributed by atoms with Crippen molar-refractivity contribution in [2.75, 3.05) is 57.3 Å². The van der Waals surface area contributed by atoms with Crippen LogP contribution in [0.15, 0.2) is 30.3 Å². The Bertz CT molecular complexity index is 1360. The molecular weight excluding hydrogens is 598 g/mol. The first kappa shape index (κ1) is 32.7. The molecule has 0 unspecified atom stereocenters. The van der Waals surface area contributed by atoms with Crippen LogP contribution >= 0.6 is 11.6 Å². The maximum absolute atomic E-state index is 12.9. The highest BCUT2D eigenvalue weighted by molar-refractivity contribution is 6.31. The Kier molecular flexibility index (Phi) is 10.6. The number of aromatic nitrogens is 2. The number of piperazine rings is 1. The van der Waals surface area contributed by atoms with Gasteiger partial charge in [-0.2, -0.15) is 5.26 Å². The summed E-state index contributed by atoms with van der Waals surface area (Å²) in [5, 5.41) is 21.1. The zero-order valence-electron chi connectivity index (χ0n) is 26.2. The van der Waals surface area contributed by atoms with Gasteiger partial charge in [0, 0.05) is 51.4 Å². The van der Waals surface area contributed by atoms with Gasteiger partial charge in [-0.1, -0.05) is 11.6 Å². The number of carbonyl (C=O) groups excluding carboxylic acids is 2. The van der Waals surface area contributed by atoms with Gasteiger partial charge < -0.3 is 29.3 Å². The van der Waals surface area contributed by atoms with Crippen molar-refractivity contribution >= 4 is 29.4 Å². The fourth-order valence-corrected chi connectivity index (χ4v) is 6.03. The van der Waals surface area contributed by atoms with Crippen LogP contribution in [-0.4, -0.2) is 108 Å². The second kappa shape index (κ2) is 14.6. The lowest BCUT2D eigenvalue weighted by Gasteiger charge is -2.39. The Morgan fingerprint density at radius 3 is 2.47 bits per heavy atom. The van der Waals surface area contributed by atoms with Gasteiger partial charge in [0.25, 0.3) is 5.91 Å². The average Bonchev–Trinajstić information content (AvgIpc) is 3.02. The summed E-state index contributed by atoms with van der Waals surface area (Å²) < 4.78 is 17.5. The van der Waals surface area contributed by atoms with E-state index in [9.17, 15) is 9.59 Å². The number of nitrogens with zero attached hydrogens (tertiary/aromatic N) is 6. The van der Waals surface area contributed by atoms with Crippen molar-refractivity contribution in [2.24, 2.45) is 0 Å². The number of morpholine rings is 1. The van der Waals surface area contributed by atoms with Crippen LogP contribution in [-0.2, 0) is 9.47 Å². The van der Waals surface area contributed by atoms with Gasteiger partial charge in [0.2, 0.25) is 0 Å². The summed E-state index contributed by atoms with van der Waals surface area (Å²) in [7, 11) is 0. The van der Waals surface area contributed by atoms with Gasteiger partial charge in [0.05, 0.1) is 35.9 Å². The maximum Gasteiger partial charge on any atom is 0.410 e. The summed E-state index contributed by atoms with van der Waals surface area (Å²) >= 11 is 6.12. The van der Waals surface area contributed by atoms with Crippen LogP contribution in [0.5, 0.6) is 5.75 Å². The van der Waals surface area contributed by atoms with Crippen molar-refractivity contribution in [3.05, 3.63) is 46.6 Å². The highest BCUT2D eigenvalue weighted by atomic mass is 35.5. The van der Waals surface area contributed by atoms with E-state index in [4.69, 9.17) is 31.1 Å². The highest BCUT2D eigenvalue weighted by Gasteiger charge is 2.30. The van der Waals surface area contributed by atoms with Gasteiger partial charge in [-0.3, -0.25) is 9.69 Å². The van der Waals surface area contributed by atoms with E-state index in [2.05, 4.69) is 25.3 Å². The zero-order valence-corrected chi connectivity index (χ0v) is 27.0. The molecule has 5 rings (SSSR count). The molecule has 1 N–H and O–H groups in total. The first-order valence-corrected chi connectivity index (χ1v) is 16.0. The van der Waals surface area contributed by atoms with E-state index in [0.717, 1.165) is 64.2 Å². The molecule has 2 saturated heterocycles. The molecule has 242 valence electrons. The largest absolute Gasteiger partial charge is 0.490 e. The molecule has 3 aliphatic rings. The molecule has 1 aliphatic carbocycles. The van der Waals surface area contributed by atoms with Crippen LogP contribution in [0, 0.1) is 11.3 Å². The first-order chi connectivity index (χ1) is 21.6. The topological polar surface area (TPSA) is 133 Å². The molecule has 0 radical (unpaired) electrons. The summed E-state index contributed by atoms with van der Waals surface area (Å²) in [5.41, 5.74) is 0.199. The molecule has 2 amide bonds. The molecule has 1 aromatic heterocycles. The molecule has 3 heterocycles. The van der Waals surface area contributed by atoms with E-state index in [-0.39, 0.29) is 30.3 Å². The van der Waals surface area contributed by atoms with Crippen molar-refractivity contribution in [3.8, 4) is 11.8 Å². The standard InChI is InChI=1S/C32H42ClN7O5/c1-32(2,3)45-31(42)40-16-17-43-26(21-40)20-38-12-14-39(15-13-38)29-11-10-28(36-37-29)30(41)35-23-5-8-24(9-6-23)44-25-7-4-22(19-34)27(33)18-25/h4,7,10-11,18,23-24,26H,5-6,8-9,12-17,20-21H2,1-3H3,(H,35,41)/t23?,24?,26-/m0/s1. The lowest BCUT2D eigenvalue weighted by atomic mass is 9.93. The van der Waals surface area contributed by atoms with Gasteiger partial charge in [-0.15, -0.1) is 10.2 Å². The SMILES string of the molecule is CC(C)(C)OC(=O)N1CCO[C@@H](CN2CCN(c3ccc(C(=O)NC4CCC(Oc5ccc(C#N)c(Cl)c5)CC4)nn3)CC2)C1. The monoisotopic (exact) mass is 639 g/mol. The maximum atomic E-state index is 12.9. The number of anilines is 1. The molecule has 3 fully saturated rings. The third-order valence-corrected chi connectivity index (χ3v) is 8.52. The normalized spacial score (nSPS) is 22.8. The fraction of sp³-hybridized carbons (Fsp3) is 0.594. The number of halogens is 1. The molecular formula is C32H42ClN7O5. The number of rotatable bonds is 7. The van der Waals surface area contributed by atoms with Crippen LogP contribution in [0.4, 0.5) is 10.6 Å². The van der Waals surface area contributed by atoms with Gasteiger partial charge in [-0.25, -0.2) is 4.79 Å². The van der Waals surface area contributed by atoms with Crippen molar-refractivity contribution in [2.45, 2.75) is 70.3 Å². The molecule has 0 spiro atoms. The number of hydrogen-bond donors (Lipinski definition) is 1. The quantitative estimate of drug-likeness (QED) is 0.476. The zero-order chi connectivity index (χ0) is 32.0. The predicted octanol–water partition coefficient (Wildman–Crippen LogP) is 3.88. The third-order valence-electron chi connectivity index (χ3n) is 8.20. The van der Waals surface area contributed by atoms with E-state index in [1.165, 1.54) is 0 Å². The number of ether oxygens (including phenoxy) is 3. The summed E-state index contributed by atoms with van der Waals surface area (Å²) in [5.74, 6) is 1.17. The van der Waals surface area contributed by atoms with Crippen molar-refractivity contribution in [1.29, 1.82) is 5.26 Å². The van der Waals surface area contributed by atoms with E-state index in [0.29, 0.717) is 41.7 Å². The molecule has 1 saturated carbocycles. The van der Waals surface area contributed by atoms with Crippen molar-refractivity contribution < 1.29 is 23.8 Å². The Morgan fingerprint density at radius 2 is 1.82 bits per heavy atom. The molecule has 2 aromatic rings. The Hall–Kier alpha value is -3.66. The summed E-state index contributed by atoms with van der Waals surface area (Å²) in [4.78, 5) is 31.6.